The van der Waals surface area contributed by atoms with Crippen LogP contribution in [0.15, 0.2) is 47.1 Å². The van der Waals surface area contributed by atoms with Crippen molar-refractivity contribution in [3.63, 3.8) is 0 Å². The van der Waals surface area contributed by atoms with Crippen molar-refractivity contribution in [3.8, 4) is 0 Å². The number of sulfonamides is 1. The fraction of sp³-hybridized carbons (Fsp3) is 0.267. The Kier molecular flexibility index (Phi) is 5.51. The van der Waals surface area contributed by atoms with E-state index in [2.05, 4.69) is 5.32 Å². The molecule has 0 saturated heterocycles. The third-order valence-electron chi connectivity index (χ3n) is 3.10. The first-order valence-corrected chi connectivity index (χ1v) is 8.68. The zero-order valence-corrected chi connectivity index (χ0v) is 13.3. The van der Waals surface area contributed by atoms with E-state index < -0.39 is 21.7 Å². The number of rotatable bonds is 7. The maximum absolute atomic E-state index is 12.9. The van der Waals surface area contributed by atoms with Crippen LogP contribution in [-0.2, 0) is 27.9 Å². The van der Waals surface area contributed by atoms with Gasteiger partial charge in [0.1, 0.15) is 11.6 Å². The van der Waals surface area contributed by atoms with Crippen LogP contribution in [0.3, 0.4) is 0 Å². The molecule has 2 rings (SSSR count). The summed E-state index contributed by atoms with van der Waals surface area (Å²) in [5.74, 6) is -0.285. The molecule has 0 radical (unpaired) electrons. The highest BCUT2D eigenvalue weighted by Gasteiger charge is 2.20. The van der Waals surface area contributed by atoms with Gasteiger partial charge in [0.2, 0.25) is 15.9 Å². The first kappa shape index (κ1) is 17.2. The minimum Gasteiger partial charge on any atom is -0.467 e. The van der Waals surface area contributed by atoms with Crippen molar-refractivity contribution >= 4 is 15.9 Å². The Hall–Kier alpha value is -2.19. The molecule has 0 spiro atoms. The van der Waals surface area contributed by atoms with Crippen LogP contribution in [0.1, 0.15) is 11.3 Å². The van der Waals surface area contributed by atoms with Gasteiger partial charge in [0.05, 0.1) is 25.6 Å². The molecule has 0 fully saturated rings. The molecule has 1 aromatic carbocycles. The van der Waals surface area contributed by atoms with Crippen molar-refractivity contribution in [2.45, 2.75) is 13.1 Å². The summed E-state index contributed by atoms with van der Waals surface area (Å²) < 4.78 is 42.7. The molecule has 0 unspecified atom stereocenters. The molecular formula is C15H17FN2O4S. The highest BCUT2D eigenvalue weighted by Crippen LogP contribution is 2.09. The summed E-state index contributed by atoms with van der Waals surface area (Å²) in [6.07, 6.45) is 2.51. The number of nitrogens with zero attached hydrogens (tertiary/aromatic N) is 1. The lowest BCUT2D eigenvalue weighted by atomic mass is 10.2. The van der Waals surface area contributed by atoms with Crippen LogP contribution in [0.2, 0.25) is 0 Å². The zero-order chi connectivity index (χ0) is 16.9. The Morgan fingerprint density at radius 2 is 1.96 bits per heavy atom. The van der Waals surface area contributed by atoms with Crippen molar-refractivity contribution in [3.05, 3.63) is 59.8 Å². The van der Waals surface area contributed by atoms with E-state index in [0.717, 1.165) is 10.6 Å². The lowest BCUT2D eigenvalue weighted by Gasteiger charge is -2.19. The second kappa shape index (κ2) is 7.38. The van der Waals surface area contributed by atoms with E-state index in [-0.39, 0.29) is 19.6 Å². The molecule has 124 valence electrons. The highest BCUT2D eigenvalue weighted by molar-refractivity contribution is 7.88. The fourth-order valence-corrected chi connectivity index (χ4v) is 2.63. The molecule has 2 aromatic rings. The predicted molar refractivity (Wildman–Crippen MR) is 82.2 cm³/mol. The largest absolute Gasteiger partial charge is 0.467 e. The third-order valence-corrected chi connectivity index (χ3v) is 4.30. The van der Waals surface area contributed by atoms with E-state index in [4.69, 9.17) is 4.42 Å². The van der Waals surface area contributed by atoms with E-state index in [9.17, 15) is 17.6 Å². The molecule has 23 heavy (non-hydrogen) atoms. The molecule has 0 atom stereocenters. The van der Waals surface area contributed by atoms with Gasteiger partial charge in [-0.1, -0.05) is 12.1 Å². The van der Waals surface area contributed by atoms with E-state index in [1.54, 1.807) is 12.1 Å². The van der Waals surface area contributed by atoms with Crippen LogP contribution >= 0.6 is 0 Å². The number of furan rings is 1. The lowest BCUT2D eigenvalue weighted by molar-refractivity contribution is -0.121. The van der Waals surface area contributed by atoms with Gasteiger partial charge in [-0.15, -0.1) is 0 Å². The van der Waals surface area contributed by atoms with Gasteiger partial charge in [0, 0.05) is 6.54 Å². The monoisotopic (exact) mass is 340 g/mol. The van der Waals surface area contributed by atoms with Crippen molar-refractivity contribution in [2.24, 2.45) is 0 Å². The molecule has 0 aliphatic carbocycles. The predicted octanol–water partition coefficient (Wildman–Crippen LogP) is 1.50. The summed E-state index contributed by atoms with van der Waals surface area (Å²) >= 11 is 0. The average molecular weight is 340 g/mol. The maximum atomic E-state index is 12.9. The summed E-state index contributed by atoms with van der Waals surface area (Å²) in [5, 5.41) is 2.58. The molecule has 0 saturated carbocycles. The minimum atomic E-state index is -3.59. The van der Waals surface area contributed by atoms with Gasteiger partial charge in [0.15, 0.2) is 0 Å². The lowest BCUT2D eigenvalue weighted by Crippen LogP contribution is -2.39. The standard InChI is InChI=1S/C15H17FN2O4S/c1-23(20,21)18(10-12-4-6-13(16)7-5-12)11-15(19)17-9-14-3-2-8-22-14/h2-8H,9-11H2,1H3,(H,17,19). The Bertz CT molecular complexity index is 742. The van der Waals surface area contributed by atoms with E-state index in [1.807, 2.05) is 0 Å². The van der Waals surface area contributed by atoms with Crippen LogP contribution in [0.25, 0.3) is 0 Å². The van der Waals surface area contributed by atoms with Crippen molar-refractivity contribution < 1.29 is 22.0 Å². The van der Waals surface area contributed by atoms with E-state index in [0.29, 0.717) is 11.3 Å². The molecular weight excluding hydrogens is 323 g/mol. The smallest absolute Gasteiger partial charge is 0.235 e. The maximum Gasteiger partial charge on any atom is 0.235 e. The van der Waals surface area contributed by atoms with E-state index in [1.165, 1.54) is 30.5 Å². The SMILES string of the molecule is CS(=O)(=O)N(CC(=O)NCc1ccco1)Cc1ccc(F)cc1. The molecule has 1 aromatic heterocycles. The van der Waals surface area contributed by atoms with Gasteiger partial charge in [-0.3, -0.25) is 4.79 Å². The molecule has 1 amide bonds. The molecule has 6 nitrogen and oxygen atoms in total. The number of benzene rings is 1. The number of hydrogen-bond acceptors (Lipinski definition) is 4. The summed E-state index contributed by atoms with van der Waals surface area (Å²) in [5.41, 5.74) is 0.593. The summed E-state index contributed by atoms with van der Waals surface area (Å²) in [4.78, 5) is 11.9. The van der Waals surface area contributed by atoms with Crippen molar-refractivity contribution in [1.82, 2.24) is 9.62 Å². The molecule has 8 heteroatoms. The summed E-state index contributed by atoms with van der Waals surface area (Å²) in [6.45, 7) is -0.149. The van der Waals surface area contributed by atoms with Crippen LogP contribution in [0.4, 0.5) is 4.39 Å². The number of halogens is 1. The van der Waals surface area contributed by atoms with Crippen LogP contribution in [-0.4, -0.2) is 31.4 Å². The molecule has 0 bridgehead atoms. The quantitative estimate of drug-likeness (QED) is 0.828. The van der Waals surface area contributed by atoms with Gasteiger partial charge in [-0.25, -0.2) is 12.8 Å². The summed E-state index contributed by atoms with van der Waals surface area (Å²) in [6, 6.07) is 8.84. The van der Waals surface area contributed by atoms with Crippen LogP contribution in [0.5, 0.6) is 0 Å². The Labute approximate surface area is 134 Å². The third kappa shape index (κ3) is 5.50. The van der Waals surface area contributed by atoms with Gasteiger partial charge in [-0.05, 0) is 29.8 Å². The van der Waals surface area contributed by atoms with Gasteiger partial charge in [-0.2, -0.15) is 4.31 Å². The molecule has 0 aliphatic rings. The van der Waals surface area contributed by atoms with Crippen molar-refractivity contribution in [1.29, 1.82) is 0 Å². The molecule has 1 heterocycles. The fourth-order valence-electron chi connectivity index (χ4n) is 1.90. The van der Waals surface area contributed by atoms with E-state index >= 15 is 0 Å². The van der Waals surface area contributed by atoms with Gasteiger partial charge in [0.25, 0.3) is 0 Å². The normalized spacial score (nSPS) is 11.6. The number of carbonyl (C=O) groups excluding carboxylic acids is 1. The average Bonchev–Trinajstić information content (AvgIpc) is 2.99. The molecule has 1 N–H and O–H groups in total. The first-order chi connectivity index (χ1) is 10.8. The topological polar surface area (TPSA) is 79.6 Å². The van der Waals surface area contributed by atoms with Crippen LogP contribution < -0.4 is 5.32 Å². The number of amides is 1. The second-order valence-corrected chi connectivity index (χ2v) is 7.00. The van der Waals surface area contributed by atoms with Gasteiger partial charge >= 0.3 is 0 Å². The number of hydrogen-bond donors (Lipinski definition) is 1. The zero-order valence-electron chi connectivity index (χ0n) is 12.5. The number of nitrogens with one attached hydrogen (secondary N) is 1. The summed E-state index contributed by atoms with van der Waals surface area (Å²) in [7, 11) is -3.59. The Morgan fingerprint density at radius 3 is 2.52 bits per heavy atom. The van der Waals surface area contributed by atoms with Gasteiger partial charge < -0.3 is 9.73 Å². The Morgan fingerprint density at radius 1 is 1.26 bits per heavy atom. The van der Waals surface area contributed by atoms with Crippen LogP contribution in [0, 0.1) is 5.82 Å². The number of carbonyl (C=O) groups is 1. The highest BCUT2D eigenvalue weighted by atomic mass is 32.2. The second-order valence-electron chi connectivity index (χ2n) is 5.01. The first-order valence-electron chi connectivity index (χ1n) is 6.83. The minimum absolute atomic E-state index is 0.00666. The molecule has 0 aliphatic heterocycles. The Balaban J connectivity index is 1.98. The van der Waals surface area contributed by atoms with Crippen molar-refractivity contribution in [2.75, 3.05) is 12.8 Å².